The molecule has 0 aliphatic rings. The van der Waals surface area contributed by atoms with Crippen molar-refractivity contribution in [3.05, 3.63) is 43.0 Å². The topological polar surface area (TPSA) is 69.6 Å². The summed E-state index contributed by atoms with van der Waals surface area (Å²) in [6.07, 6.45) is 1.22. The van der Waals surface area contributed by atoms with Gasteiger partial charge in [0.2, 0.25) is 5.91 Å². The molecule has 0 atom stereocenters. The average molecular weight is 237 g/mol. The minimum atomic E-state index is -1.34. The Balaban J connectivity index is 0. The lowest BCUT2D eigenvalue weighted by Gasteiger charge is -1.94. The minimum Gasteiger partial charge on any atom is -0.423 e. The smallest absolute Gasteiger partial charge is 0.423 e. The Hall–Kier alpha value is -1.59. The molecule has 0 unspecified atom stereocenters. The molecular formula is C12H20BNO3. The quantitative estimate of drug-likeness (QED) is 0.512. The van der Waals surface area contributed by atoms with Gasteiger partial charge in [-0.3, -0.25) is 4.79 Å². The fraction of sp³-hybridized carbons (Fsp3) is 0.250. The molecule has 1 aromatic carbocycles. The van der Waals surface area contributed by atoms with Crippen molar-refractivity contribution in [2.45, 2.75) is 13.8 Å². The molecular weight excluding hydrogens is 217 g/mol. The van der Waals surface area contributed by atoms with Gasteiger partial charge in [-0.15, -0.1) is 0 Å². The van der Waals surface area contributed by atoms with Gasteiger partial charge >= 0.3 is 7.12 Å². The Morgan fingerprint density at radius 2 is 1.76 bits per heavy atom. The van der Waals surface area contributed by atoms with E-state index in [-0.39, 0.29) is 5.91 Å². The van der Waals surface area contributed by atoms with Crippen molar-refractivity contribution in [1.29, 1.82) is 0 Å². The van der Waals surface area contributed by atoms with Crippen LogP contribution in [0.25, 0.3) is 0 Å². The van der Waals surface area contributed by atoms with E-state index in [0.29, 0.717) is 5.46 Å². The Bertz CT molecular complexity index is 302. The van der Waals surface area contributed by atoms with Crippen LogP contribution in [0.4, 0.5) is 0 Å². The molecule has 1 amide bonds. The fourth-order valence-corrected chi connectivity index (χ4v) is 0.727. The first-order valence-corrected chi connectivity index (χ1v) is 5.37. The van der Waals surface area contributed by atoms with E-state index in [1.165, 1.54) is 6.08 Å². The first-order chi connectivity index (χ1) is 8.11. The van der Waals surface area contributed by atoms with Crippen LogP contribution in [0.3, 0.4) is 0 Å². The summed E-state index contributed by atoms with van der Waals surface area (Å²) in [5, 5.41) is 19.5. The fourth-order valence-electron chi connectivity index (χ4n) is 0.727. The molecule has 0 saturated heterocycles. The molecule has 0 heterocycles. The van der Waals surface area contributed by atoms with Gasteiger partial charge in [0.25, 0.3) is 0 Å². The highest BCUT2D eigenvalue weighted by molar-refractivity contribution is 6.58. The second kappa shape index (κ2) is 12.5. The van der Waals surface area contributed by atoms with Crippen LogP contribution in [0.5, 0.6) is 0 Å². The van der Waals surface area contributed by atoms with Gasteiger partial charge in [-0.25, -0.2) is 0 Å². The summed E-state index contributed by atoms with van der Waals surface area (Å²) in [6.45, 7) is 7.22. The minimum absolute atomic E-state index is 0.144. The molecule has 0 aromatic heterocycles. The first-order valence-electron chi connectivity index (χ1n) is 5.37. The zero-order valence-corrected chi connectivity index (χ0v) is 10.6. The number of benzene rings is 1. The van der Waals surface area contributed by atoms with Crippen LogP contribution in [-0.2, 0) is 4.79 Å². The number of hydrogen-bond donors (Lipinski definition) is 3. The highest BCUT2D eigenvalue weighted by Gasteiger charge is 2.07. The highest BCUT2D eigenvalue weighted by Crippen LogP contribution is 1.82. The summed E-state index contributed by atoms with van der Waals surface area (Å²) in [5.41, 5.74) is 0.525. The molecule has 0 aliphatic carbocycles. The van der Waals surface area contributed by atoms with Gasteiger partial charge in [0.1, 0.15) is 0 Å². The Morgan fingerprint density at radius 3 is 1.94 bits per heavy atom. The molecule has 3 N–H and O–H groups in total. The zero-order chi connectivity index (χ0) is 13.7. The lowest BCUT2D eigenvalue weighted by molar-refractivity contribution is -0.116. The third-order valence-corrected chi connectivity index (χ3v) is 1.53. The summed E-state index contributed by atoms with van der Waals surface area (Å²) in [7, 11) is 0.218. The van der Waals surface area contributed by atoms with Crippen molar-refractivity contribution in [3.8, 4) is 0 Å². The van der Waals surface area contributed by atoms with Crippen LogP contribution in [0.1, 0.15) is 13.8 Å². The second-order valence-electron chi connectivity index (χ2n) is 2.60. The van der Waals surface area contributed by atoms with E-state index in [4.69, 9.17) is 10.0 Å². The maximum atomic E-state index is 9.95. The van der Waals surface area contributed by atoms with Gasteiger partial charge in [0.15, 0.2) is 0 Å². The van der Waals surface area contributed by atoms with E-state index in [9.17, 15) is 4.79 Å². The van der Waals surface area contributed by atoms with Gasteiger partial charge in [-0.1, -0.05) is 50.8 Å². The Labute approximate surface area is 103 Å². The average Bonchev–Trinajstić information content (AvgIpc) is 2.41. The van der Waals surface area contributed by atoms with Crippen LogP contribution < -0.4 is 10.8 Å². The predicted molar refractivity (Wildman–Crippen MR) is 71.9 cm³/mol. The Kier molecular flexibility index (Phi) is 13.1. The lowest BCUT2D eigenvalue weighted by Crippen LogP contribution is -2.29. The molecule has 0 radical (unpaired) electrons. The summed E-state index contributed by atoms with van der Waals surface area (Å²) in [4.78, 5) is 9.95. The molecule has 17 heavy (non-hydrogen) atoms. The number of carbonyl (C=O) groups excluding carboxylic acids is 1. The summed E-state index contributed by atoms with van der Waals surface area (Å²) >= 11 is 0. The van der Waals surface area contributed by atoms with E-state index in [0.717, 1.165) is 0 Å². The standard InChI is InChI=1S/C6H7BO2.C4H7NO.C2H6/c8-7(9)6-4-2-1-3-5-6;1-3-4(6)5-2;1-2/h1-5,8-9H;3H,1H2,2H3,(H,5,6);1-2H3. The van der Waals surface area contributed by atoms with E-state index in [1.807, 2.05) is 19.9 Å². The second-order valence-corrected chi connectivity index (χ2v) is 2.60. The molecule has 0 saturated carbocycles. The largest absolute Gasteiger partial charge is 0.488 e. The molecule has 0 spiro atoms. The van der Waals surface area contributed by atoms with Crippen molar-refractivity contribution >= 4 is 18.5 Å². The number of rotatable bonds is 2. The maximum absolute atomic E-state index is 9.95. The van der Waals surface area contributed by atoms with Crippen molar-refractivity contribution in [2.75, 3.05) is 7.05 Å². The van der Waals surface area contributed by atoms with E-state index in [1.54, 1.807) is 31.3 Å². The van der Waals surface area contributed by atoms with Crippen molar-refractivity contribution in [2.24, 2.45) is 0 Å². The molecule has 0 bridgehead atoms. The molecule has 1 aromatic rings. The van der Waals surface area contributed by atoms with Crippen LogP contribution in [0, 0.1) is 0 Å². The number of hydrogen-bond acceptors (Lipinski definition) is 3. The normalized spacial score (nSPS) is 7.59. The van der Waals surface area contributed by atoms with Crippen LogP contribution in [0.15, 0.2) is 43.0 Å². The van der Waals surface area contributed by atoms with Crippen LogP contribution in [0.2, 0.25) is 0 Å². The monoisotopic (exact) mass is 237 g/mol. The number of nitrogens with one attached hydrogen (secondary N) is 1. The van der Waals surface area contributed by atoms with Crippen molar-refractivity contribution < 1.29 is 14.8 Å². The van der Waals surface area contributed by atoms with Crippen molar-refractivity contribution in [1.82, 2.24) is 5.32 Å². The van der Waals surface area contributed by atoms with E-state index >= 15 is 0 Å². The first kappa shape index (κ1) is 17.8. The molecule has 5 heteroatoms. The molecule has 0 fully saturated rings. The highest BCUT2D eigenvalue weighted by atomic mass is 16.4. The third kappa shape index (κ3) is 10.7. The van der Waals surface area contributed by atoms with Crippen LogP contribution >= 0.6 is 0 Å². The number of carbonyl (C=O) groups is 1. The molecule has 1 rings (SSSR count). The van der Waals surface area contributed by atoms with Crippen molar-refractivity contribution in [3.63, 3.8) is 0 Å². The van der Waals surface area contributed by atoms with Crippen LogP contribution in [-0.4, -0.2) is 30.1 Å². The molecule has 4 nitrogen and oxygen atoms in total. The zero-order valence-electron chi connectivity index (χ0n) is 10.6. The van der Waals surface area contributed by atoms with Gasteiger partial charge < -0.3 is 15.4 Å². The molecule has 0 aliphatic heterocycles. The lowest BCUT2D eigenvalue weighted by atomic mass is 9.81. The third-order valence-electron chi connectivity index (χ3n) is 1.53. The molecule has 94 valence electrons. The van der Waals surface area contributed by atoms with Gasteiger partial charge in [0, 0.05) is 7.05 Å². The summed E-state index contributed by atoms with van der Waals surface area (Å²) < 4.78 is 0. The van der Waals surface area contributed by atoms with E-state index in [2.05, 4.69) is 11.9 Å². The van der Waals surface area contributed by atoms with Gasteiger partial charge in [-0.2, -0.15) is 0 Å². The number of likely N-dealkylation sites (N-methyl/N-ethyl adjacent to an activating group) is 1. The summed E-state index contributed by atoms with van der Waals surface area (Å²) in [5.74, 6) is -0.144. The Morgan fingerprint density at radius 1 is 1.29 bits per heavy atom. The van der Waals surface area contributed by atoms with Gasteiger partial charge in [-0.05, 0) is 11.5 Å². The predicted octanol–water partition coefficient (Wildman–Crippen LogP) is 0.311. The summed E-state index contributed by atoms with van der Waals surface area (Å²) in [6, 6.07) is 8.66. The SMILES string of the molecule is C=CC(=O)NC.CC.OB(O)c1ccccc1. The number of amides is 1. The van der Waals surface area contributed by atoms with E-state index < -0.39 is 7.12 Å². The van der Waals surface area contributed by atoms with Gasteiger partial charge in [0.05, 0.1) is 0 Å². The maximum Gasteiger partial charge on any atom is 0.488 e.